The van der Waals surface area contributed by atoms with Crippen LogP contribution in [0.3, 0.4) is 0 Å². The lowest BCUT2D eigenvalue weighted by Crippen LogP contribution is -2.36. The van der Waals surface area contributed by atoms with Crippen LogP contribution in [0.25, 0.3) is 0 Å². The molecule has 0 radical (unpaired) electrons. The third-order valence-corrected chi connectivity index (χ3v) is 4.77. The Labute approximate surface area is 118 Å². The van der Waals surface area contributed by atoms with E-state index < -0.39 is 0 Å². The number of hydrogen-bond donors (Lipinski definition) is 0. The van der Waals surface area contributed by atoms with E-state index in [4.69, 9.17) is 4.99 Å². The zero-order valence-electron chi connectivity index (χ0n) is 12.3. The minimum atomic E-state index is 0.0745. The van der Waals surface area contributed by atoms with Crippen molar-refractivity contribution >= 4 is 11.5 Å². The highest BCUT2D eigenvalue weighted by atomic mass is 32.1. The Kier molecular flexibility index (Phi) is 4.62. The molecule has 5 nitrogen and oxygen atoms in total. The summed E-state index contributed by atoms with van der Waals surface area (Å²) in [6, 6.07) is 0.531. The van der Waals surface area contributed by atoms with Crippen LogP contribution in [0.15, 0.2) is 9.79 Å². The molecule has 2 heterocycles. The highest BCUT2D eigenvalue weighted by Crippen LogP contribution is 2.11. The van der Waals surface area contributed by atoms with E-state index in [0.29, 0.717) is 12.6 Å². The quantitative estimate of drug-likeness (QED) is 0.840. The molecule has 0 aromatic carbocycles. The maximum Gasteiger partial charge on any atom is 0.340 e. The number of aromatic nitrogens is 2. The summed E-state index contributed by atoms with van der Waals surface area (Å²) < 4.78 is 3.61. The topological polar surface area (TPSA) is 42.5 Å². The molecule has 0 spiro atoms. The van der Waals surface area contributed by atoms with Crippen molar-refractivity contribution in [2.45, 2.75) is 52.2 Å². The molecule has 1 unspecified atom stereocenters. The van der Waals surface area contributed by atoms with Gasteiger partial charge in [-0.25, -0.2) is 8.75 Å². The number of likely N-dealkylation sites (tertiary alicyclic amines) is 1. The van der Waals surface area contributed by atoms with Crippen molar-refractivity contribution in [3.8, 4) is 0 Å². The second-order valence-corrected chi connectivity index (χ2v) is 6.45. The van der Waals surface area contributed by atoms with Crippen LogP contribution < -0.4 is 10.5 Å². The van der Waals surface area contributed by atoms with Crippen molar-refractivity contribution in [2.24, 2.45) is 4.99 Å². The van der Waals surface area contributed by atoms with Crippen LogP contribution in [0.1, 0.15) is 39.7 Å². The summed E-state index contributed by atoms with van der Waals surface area (Å²) in [5.41, 5.74) is 0.0745. The molecule has 108 valence electrons. The van der Waals surface area contributed by atoms with Crippen molar-refractivity contribution in [3.05, 3.63) is 15.3 Å². The predicted molar refractivity (Wildman–Crippen MR) is 78.7 cm³/mol. The fourth-order valence-electron chi connectivity index (χ4n) is 2.47. The van der Waals surface area contributed by atoms with Gasteiger partial charge in [-0.3, -0.25) is 9.56 Å². The molecule has 1 fully saturated rings. The third-order valence-electron chi connectivity index (χ3n) is 3.51. The molecule has 1 aliphatic rings. The lowest BCUT2D eigenvalue weighted by atomic mass is 10.1. The van der Waals surface area contributed by atoms with E-state index in [1.54, 1.807) is 4.57 Å². The fourth-order valence-corrected chi connectivity index (χ4v) is 3.53. The average molecular weight is 284 g/mol. The Bertz CT molecular complexity index is 540. The van der Waals surface area contributed by atoms with Gasteiger partial charge in [0.25, 0.3) is 0 Å². The van der Waals surface area contributed by atoms with Crippen LogP contribution in [-0.4, -0.2) is 39.6 Å². The fraction of sp³-hybridized carbons (Fsp3) is 0.846. The second kappa shape index (κ2) is 6.05. The standard InChI is InChI=1S/C13H24N4OS/c1-5-16-12(19-17(10(2)3)13(16)18)14-11-7-6-8-15(4)9-11/h10-11H,5-9H2,1-4H3. The molecule has 6 heteroatoms. The Morgan fingerprint density at radius 1 is 1.47 bits per heavy atom. The highest BCUT2D eigenvalue weighted by Gasteiger charge is 2.17. The summed E-state index contributed by atoms with van der Waals surface area (Å²) in [5.74, 6) is 0. The second-order valence-electron chi connectivity index (χ2n) is 5.51. The van der Waals surface area contributed by atoms with E-state index in [2.05, 4.69) is 11.9 Å². The molecule has 1 aromatic heterocycles. The minimum absolute atomic E-state index is 0.0745. The maximum absolute atomic E-state index is 12.2. The van der Waals surface area contributed by atoms with E-state index >= 15 is 0 Å². The van der Waals surface area contributed by atoms with Gasteiger partial charge in [-0.15, -0.1) is 0 Å². The molecule has 0 amide bonds. The van der Waals surface area contributed by atoms with Crippen LogP contribution in [0.4, 0.5) is 0 Å². The van der Waals surface area contributed by atoms with E-state index in [9.17, 15) is 4.79 Å². The molecular weight excluding hydrogens is 260 g/mol. The summed E-state index contributed by atoms with van der Waals surface area (Å²) in [6.45, 7) is 8.92. The van der Waals surface area contributed by atoms with Gasteiger partial charge in [-0.1, -0.05) is 0 Å². The monoisotopic (exact) mass is 284 g/mol. The van der Waals surface area contributed by atoms with Gasteiger partial charge in [0.05, 0.1) is 6.04 Å². The zero-order valence-corrected chi connectivity index (χ0v) is 13.1. The molecule has 19 heavy (non-hydrogen) atoms. The lowest BCUT2D eigenvalue weighted by molar-refractivity contribution is 0.250. The molecule has 0 N–H and O–H groups in total. The Hall–Kier alpha value is -0.880. The number of likely N-dealkylation sites (N-methyl/N-ethyl adjacent to an activating group) is 1. The smallest absolute Gasteiger partial charge is 0.304 e. The highest BCUT2D eigenvalue weighted by molar-refractivity contribution is 7.03. The van der Waals surface area contributed by atoms with Crippen molar-refractivity contribution in [3.63, 3.8) is 0 Å². The lowest BCUT2D eigenvalue weighted by Gasteiger charge is -2.26. The molecule has 1 saturated heterocycles. The van der Waals surface area contributed by atoms with E-state index in [1.165, 1.54) is 18.0 Å². The molecule has 1 aliphatic heterocycles. The van der Waals surface area contributed by atoms with E-state index in [1.807, 2.05) is 24.7 Å². The van der Waals surface area contributed by atoms with E-state index in [0.717, 1.165) is 24.3 Å². The largest absolute Gasteiger partial charge is 0.340 e. The van der Waals surface area contributed by atoms with Crippen LogP contribution in [0.5, 0.6) is 0 Å². The third kappa shape index (κ3) is 3.17. The van der Waals surface area contributed by atoms with Crippen molar-refractivity contribution in [1.82, 2.24) is 13.4 Å². The molecule has 2 rings (SSSR count). The molecule has 1 aromatic rings. The number of rotatable bonds is 3. The first kappa shape index (κ1) is 14.5. The van der Waals surface area contributed by atoms with Crippen LogP contribution in [0.2, 0.25) is 0 Å². The summed E-state index contributed by atoms with van der Waals surface area (Å²) in [4.78, 5) is 20.2. The van der Waals surface area contributed by atoms with Gasteiger partial charge in [0, 0.05) is 19.1 Å². The Morgan fingerprint density at radius 2 is 2.21 bits per heavy atom. The van der Waals surface area contributed by atoms with Gasteiger partial charge in [-0.2, -0.15) is 0 Å². The first-order valence-corrected chi connectivity index (χ1v) is 7.85. The van der Waals surface area contributed by atoms with Gasteiger partial charge >= 0.3 is 5.69 Å². The summed E-state index contributed by atoms with van der Waals surface area (Å²) in [7, 11) is 2.14. The number of piperidine rings is 1. The first-order chi connectivity index (χ1) is 9.02. The molecule has 0 aliphatic carbocycles. The van der Waals surface area contributed by atoms with Crippen LogP contribution in [0, 0.1) is 0 Å². The summed E-state index contributed by atoms with van der Waals surface area (Å²) in [5, 5.41) is 0. The average Bonchev–Trinajstić information content (AvgIpc) is 2.66. The van der Waals surface area contributed by atoms with E-state index in [-0.39, 0.29) is 11.7 Å². The Morgan fingerprint density at radius 3 is 2.79 bits per heavy atom. The maximum atomic E-state index is 12.2. The normalized spacial score (nSPS) is 22.4. The van der Waals surface area contributed by atoms with Gasteiger partial charge in [0.1, 0.15) is 0 Å². The van der Waals surface area contributed by atoms with Crippen molar-refractivity contribution in [2.75, 3.05) is 20.1 Å². The summed E-state index contributed by atoms with van der Waals surface area (Å²) >= 11 is 1.50. The van der Waals surface area contributed by atoms with Gasteiger partial charge in [0.15, 0.2) is 0 Å². The first-order valence-electron chi connectivity index (χ1n) is 7.08. The summed E-state index contributed by atoms with van der Waals surface area (Å²) in [6.07, 6.45) is 2.32. The Balaban J connectivity index is 2.38. The van der Waals surface area contributed by atoms with Crippen molar-refractivity contribution < 1.29 is 0 Å². The van der Waals surface area contributed by atoms with Crippen LogP contribution in [-0.2, 0) is 6.54 Å². The number of nitrogens with zero attached hydrogens (tertiary/aromatic N) is 4. The molecular formula is C13H24N4OS. The predicted octanol–water partition coefficient (Wildman–Crippen LogP) is 1.31. The van der Waals surface area contributed by atoms with Gasteiger partial charge in [0.2, 0.25) is 4.80 Å². The minimum Gasteiger partial charge on any atom is -0.304 e. The zero-order chi connectivity index (χ0) is 14.0. The van der Waals surface area contributed by atoms with Gasteiger partial charge < -0.3 is 4.90 Å². The van der Waals surface area contributed by atoms with Gasteiger partial charge in [-0.05, 0) is 58.7 Å². The molecule has 0 bridgehead atoms. The molecule has 1 atom stereocenters. The number of hydrogen-bond acceptors (Lipinski definition) is 4. The SMILES string of the molecule is CCn1c(=NC2CCCN(C)C2)sn(C(C)C)c1=O. The molecule has 0 saturated carbocycles. The van der Waals surface area contributed by atoms with Crippen LogP contribution >= 0.6 is 11.5 Å². The van der Waals surface area contributed by atoms with Crippen molar-refractivity contribution in [1.29, 1.82) is 0 Å².